The molecule has 25 heavy (non-hydrogen) atoms. The molecule has 1 amide bonds. The van der Waals surface area contributed by atoms with E-state index in [2.05, 4.69) is 15.3 Å². The van der Waals surface area contributed by atoms with Gasteiger partial charge in [-0.2, -0.15) is 0 Å². The summed E-state index contributed by atoms with van der Waals surface area (Å²) in [5, 5.41) is 3.30. The van der Waals surface area contributed by atoms with Crippen LogP contribution in [-0.4, -0.2) is 20.3 Å². The van der Waals surface area contributed by atoms with E-state index < -0.39 is 0 Å². The molecular formula is C18H14N4O2S. The summed E-state index contributed by atoms with van der Waals surface area (Å²) in [4.78, 5) is 34.7. The Hall–Kier alpha value is -3.06. The first-order valence-corrected chi connectivity index (χ1v) is 8.54. The van der Waals surface area contributed by atoms with Gasteiger partial charge in [0, 0.05) is 25.1 Å². The van der Waals surface area contributed by atoms with Gasteiger partial charge in [0.1, 0.15) is 10.5 Å². The van der Waals surface area contributed by atoms with Crippen molar-refractivity contribution < 1.29 is 4.79 Å². The smallest absolute Gasteiger partial charge is 0.266 e. The highest BCUT2D eigenvalue weighted by Crippen LogP contribution is 2.22. The van der Waals surface area contributed by atoms with Crippen LogP contribution in [0.25, 0.3) is 15.9 Å². The SMILES string of the molecule is Cc1cccn2c(=O)c3cc(C(=O)NCc4cccnc4)sc3nc12. The number of carbonyl (C=O) groups excluding carboxylic acids is 1. The number of amides is 1. The Balaban J connectivity index is 1.70. The molecule has 0 unspecified atom stereocenters. The second kappa shape index (κ2) is 6.10. The van der Waals surface area contributed by atoms with Gasteiger partial charge in [-0.15, -0.1) is 11.3 Å². The van der Waals surface area contributed by atoms with Crippen molar-refractivity contribution in [2.75, 3.05) is 0 Å². The molecule has 6 nitrogen and oxygen atoms in total. The van der Waals surface area contributed by atoms with Crippen LogP contribution < -0.4 is 10.9 Å². The van der Waals surface area contributed by atoms with Gasteiger partial charge >= 0.3 is 0 Å². The van der Waals surface area contributed by atoms with E-state index in [0.717, 1.165) is 11.1 Å². The molecule has 4 aromatic heterocycles. The van der Waals surface area contributed by atoms with Gasteiger partial charge in [0.05, 0.1) is 10.3 Å². The summed E-state index contributed by atoms with van der Waals surface area (Å²) >= 11 is 1.23. The Morgan fingerprint density at radius 1 is 1.32 bits per heavy atom. The number of rotatable bonds is 3. The summed E-state index contributed by atoms with van der Waals surface area (Å²) < 4.78 is 1.52. The third-order valence-corrected chi connectivity index (χ3v) is 4.96. The van der Waals surface area contributed by atoms with Crippen molar-refractivity contribution in [3.8, 4) is 0 Å². The summed E-state index contributed by atoms with van der Waals surface area (Å²) in [5.74, 6) is -0.225. The molecule has 0 radical (unpaired) electrons. The van der Waals surface area contributed by atoms with E-state index in [1.54, 1.807) is 24.7 Å². The molecule has 0 fully saturated rings. The van der Waals surface area contributed by atoms with Crippen LogP contribution in [-0.2, 0) is 6.54 Å². The monoisotopic (exact) mass is 350 g/mol. The van der Waals surface area contributed by atoms with Crippen LogP contribution in [0.2, 0.25) is 0 Å². The number of nitrogens with one attached hydrogen (secondary N) is 1. The van der Waals surface area contributed by atoms with Gasteiger partial charge in [0.25, 0.3) is 11.5 Å². The van der Waals surface area contributed by atoms with Gasteiger partial charge in [-0.25, -0.2) is 4.98 Å². The largest absolute Gasteiger partial charge is 0.347 e. The third-order valence-electron chi connectivity index (χ3n) is 3.93. The highest BCUT2D eigenvalue weighted by molar-refractivity contribution is 7.20. The maximum atomic E-state index is 12.6. The Bertz CT molecular complexity index is 1150. The lowest BCUT2D eigenvalue weighted by molar-refractivity contribution is 0.0955. The molecule has 4 heterocycles. The Kier molecular flexibility index (Phi) is 3.77. The zero-order valence-corrected chi connectivity index (χ0v) is 14.2. The van der Waals surface area contributed by atoms with Gasteiger partial charge in [-0.1, -0.05) is 12.1 Å². The maximum absolute atomic E-state index is 12.6. The minimum Gasteiger partial charge on any atom is -0.347 e. The number of fused-ring (bicyclic) bond motifs is 2. The predicted molar refractivity (Wildman–Crippen MR) is 97.0 cm³/mol. The van der Waals surface area contributed by atoms with E-state index in [1.807, 2.05) is 31.2 Å². The van der Waals surface area contributed by atoms with E-state index in [1.165, 1.54) is 15.7 Å². The number of nitrogens with zero attached hydrogens (tertiary/aromatic N) is 3. The average Bonchev–Trinajstić information content (AvgIpc) is 3.06. The molecule has 0 atom stereocenters. The number of hydrogen-bond donors (Lipinski definition) is 1. The van der Waals surface area contributed by atoms with Gasteiger partial charge in [0.2, 0.25) is 0 Å². The van der Waals surface area contributed by atoms with Crippen LogP contribution in [0.3, 0.4) is 0 Å². The van der Waals surface area contributed by atoms with Crippen LogP contribution in [0.5, 0.6) is 0 Å². The number of aryl methyl sites for hydroxylation is 1. The van der Waals surface area contributed by atoms with Crippen LogP contribution in [0.4, 0.5) is 0 Å². The fourth-order valence-electron chi connectivity index (χ4n) is 2.64. The van der Waals surface area contributed by atoms with Crippen molar-refractivity contribution in [3.63, 3.8) is 0 Å². The highest BCUT2D eigenvalue weighted by Gasteiger charge is 2.15. The number of thiophene rings is 1. The topological polar surface area (TPSA) is 76.4 Å². The van der Waals surface area contributed by atoms with Crippen molar-refractivity contribution in [3.05, 3.63) is 75.3 Å². The molecular weight excluding hydrogens is 336 g/mol. The first-order chi connectivity index (χ1) is 12.1. The molecule has 0 saturated heterocycles. The summed E-state index contributed by atoms with van der Waals surface area (Å²) in [5.41, 5.74) is 2.28. The fraction of sp³-hybridized carbons (Fsp3) is 0.111. The van der Waals surface area contributed by atoms with Gasteiger partial charge in [-0.3, -0.25) is 19.0 Å². The first kappa shape index (κ1) is 15.5. The van der Waals surface area contributed by atoms with Crippen LogP contribution in [0.15, 0.2) is 53.7 Å². The summed E-state index contributed by atoms with van der Waals surface area (Å²) in [6, 6.07) is 9.04. The van der Waals surface area contributed by atoms with Gasteiger partial charge in [-0.05, 0) is 36.2 Å². The summed E-state index contributed by atoms with van der Waals surface area (Å²) in [7, 11) is 0. The normalized spacial score (nSPS) is 11.1. The van der Waals surface area contributed by atoms with Crippen molar-refractivity contribution in [1.29, 1.82) is 0 Å². The number of pyridine rings is 2. The Morgan fingerprint density at radius 3 is 3.00 bits per heavy atom. The predicted octanol–water partition coefficient (Wildman–Crippen LogP) is 2.54. The molecule has 7 heteroatoms. The highest BCUT2D eigenvalue weighted by atomic mass is 32.1. The molecule has 0 aliphatic carbocycles. The molecule has 0 aliphatic heterocycles. The average molecular weight is 350 g/mol. The van der Waals surface area contributed by atoms with E-state index >= 15 is 0 Å². The molecule has 0 saturated carbocycles. The molecule has 0 aromatic carbocycles. The summed E-state index contributed by atoms with van der Waals surface area (Å²) in [6.07, 6.45) is 5.08. The van der Waals surface area contributed by atoms with Crippen molar-refractivity contribution in [2.45, 2.75) is 13.5 Å². The lowest BCUT2D eigenvalue weighted by Gasteiger charge is -2.02. The molecule has 0 bridgehead atoms. The lowest BCUT2D eigenvalue weighted by atomic mass is 10.2. The molecule has 0 aliphatic rings. The van der Waals surface area contributed by atoms with Crippen molar-refractivity contribution in [2.24, 2.45) is 0 Å². The zero-order chi connectivity index (χ0) is 17.4. The molecule has 4 aromatic rings. The van der Waals surface area contributed by atoms with E-state index in [4.69, 9.17) is 0 Å². The maximum Gasteiger partial charge on any atom is 0.266 e. The lowest BCUT2D eigenvalue weighted by Crippen LogP contribution is -2.21. The van der Waals surface area contributed by atoms with Gasteiger partial charge in [0.15, 0.2) is 0 Å². The van der Waals surface area contributed by atoms with E-state index in [9.17, 15) is 9.59 Å². The van der Waals surface area contributed by atoms with E-state index in [-0.39, 0.29) is 11.5 Å². The van der Waals surface area contributed by atoms with Crippen LogP contribution in [0, 0.1) is 6.92 Å². The number of hydrogen-bond acceptors (Lipinski definition) is 5. The Labute approximate surface area is 146 Å². The molecule has 124 valence electrons. The standard InChI is InChI=1S/C18H14N4O2S/c1-11-4-3-7-22-15(11)21-17-13(18(22)24)8-14(25-17)16(23)20-10-12-5-2-6-19-9-12/h2-9H,10H2,1H3,(H,20,23). The first-order valence-electron chi connectivity index (χ1n) is 7.72. The number of carbonyl (C=O) groups is 1. The van der Waals surface area contributed by atoms with Crippen molar-refractivity contribution in [1.82, 2.24) is 19.7 Å². The van der Waals surface area contributed by atoms with Crippen molar-refractivity contribution >= 4 is 33.1 Å². The zero-order valence-electron chi connectivity index (χ0n) is 13.4. The summed E-state index contributed by atoms with van der Waals surface area (Å²) in [6.45, 7) is 2.29. The quantitative estimate of drug-likeness (QED) is 0.616. The molecule has 0 spiro atoms. The second-order valence-corrected chi connectivity index (χ2v) is 6.71. The fourth-order valence-corrected chi connectivity index (χ4v) is 3.58. The van der Waals surface area contributed by atoms with Gasteiger partial charge < -0.3 is 5.32 Å². The second-order valence-electron chi connectivity index (χ2n) is 5.68. The third kappa shape index (κ3) is 2.78. The number of aromatic nitrogens is 3. The van der Waals surface area contributed by atoms with E-state index in [0.29, 0.717) is 27.3 Å². The molecule has 1 N–H and O–H groups in total. The minimum atomic E-state index is -0.225. The molecule has 4 rings (SSSR count). The Morgan fingerprint density at radius 2 is 2.20 bits per heavy atom. The minimum absolute atomic E-state index is 0.161. The van der Waals surface area contributed by atoms with Crippen LogP contribution in [0.1, 0.15) is 20.8 Å². The van der Waals surface area contributed by atoms with Crippen LogP contribution >= 0.6 is 11.3 Å².